The van der Waals surface area contributed by atoms with Gasteiger partial charge in [0.25, 0.3) is 0 Å². The predicted molar refractivity (Wildman–Crippen MR) is 92.8 cm³/mol. The van der Waals surface area contributed by atoms with Crippen molar-refractivity contribution in [3.63, 3.8) is 0 Å². The van der Waals surface area contributed by atoms with Crippen LogP contribution in [0.5, 0.6) is 0 Å². The lowest BCUT2D eigenvalue weighted by Crippen LogP contribution is -2.46. The lowest BCUT2D eigenvalue weighted by molar-refractivity contribution is -0.276. The zero-order chi connectivity index (χ0) is 18.9. The van der Waals surface area contributed by atoms with Crippen LogP contribution in [0.4, 0.5) is 0 Å². The minimum Gasteiger partial charge on any atom is -0.480 e. The van der Waals surface area contributed by atoms with E-state index in [1.165, 1.54) is 4.90 Å². The van der Waals surface area contributed by atoms with E-state index >= 15 is 0 Å². The molecule has 0 aliphatic carbocycles. The fourth-order valence-corrected chi connectivity index (χ4v) is 3.54. The molecule has 3 unspecified atom stereocenters. The van der Waals surface area contributed by atoms with Crippen LogP contribution in [0.2, 0.25) is 0 Å². The number of aliphatic carboxylic acids is 1. The van der Waals surface area contributed by atoms with Crippen LogP contribution in [0.3, 0.4) is 0 Å². The van der Waals surface area contributed by atoms with Gasteiger partial charge in [-0.25, -0.2) is 14.7 Å². The maximum absolute atomic E-state index is 12.9. The number of carboxylic acids is 1. The number of carbonyl (C=O) groups is 3. The minimum absolute atomic E-state index is 0.116. The summed E-state index contributed by atoms with van der Waals surface area (Å²) < 4.78 is 5.49. The van der Waals surface area contributed by atoms with Crippen LogP contribution < -0.4 is 0 Å². The molecule has 8 nitrogen and oxygen atoms in total. The van der Waals surface area contributed by atoms with Crippen molar-refractivity contribution >= 4 is 18.3 Å². The molecule has 26 heavy (non-hydrogen) atoms. The van der Waals surface area contributed by atoms with E-state index in [0.29, 0.717) is 45.2 Å². The minimum atomic E-state index is -0.968. The summed E-state index contributed by atoms with van der Waals surface area (Å²) in [5.41, 5.74) is 0. The van der Waals surface area contributed by atoms with Crippen molar-refractivity contribution < 1.29 is 29.1 Å². The van der Waals surface area contributed by atoms with E-state index in [0.717, 1.165) is 30.7 Å². The van der Waals surface area contributed by atoms with Crippen molar-refractivity contribution in [2.24, 2.45) is 5.92 Å². The number of carbonyl (C=O) groups excluding carboxylic acids is 2. The van der Waals surface area contributed by atoms with Crippen molar-refractivity contribution in [1.82, 2.24) is 9.96 Å². The molecule has 2 heterocycles. The summed E-state index contributed by atoms with van der Waals surface area (Å²) in [7, 11) is 0. The molecule has 3 atom stereocenters. The number of hydrogen-bond donors (Lipinski definition) is 1. The Kier molecular flexibility index (Phi) is 8.31. The van der Waals surface area contributed by atoms with E-state index in [2.05, 4.69) is 0 Å². The number of hydrogen-bond acceptors (Lipinski definition) is 5. The van der Waals surface area contributed by atoms with Gasteiger partial charge < -0.3 is 14.7 Å². The molecule has 148 valence electrons. The van der Waals surface area contributed by atoms with E-state index in [9.17, 15) is 19.5 Å². The van der Waals surface area contributed by atoms with Crippen LogP contribution in [-0.4, -0.2) is 65.4 Å². The van der Waals surface area contributed by atoms with Gasteiger partial charge in [-0.15, -0.1) is 0 Å². The van der Waals surface area contributed by atoms with Crippen molar-refractivity contribution in [2.75, 3.05) is 19.7 Å². The number of ether oxygens (including phenoxy) is 1. The Morgan fingerprint density at radius 3 is 2.77 bits per heavy atom. The zero-order valence-corrected chi connectivity index (χ0v) is 15.5. The van der Waals surface area contributed by atoms with Crippen LogP contribution in [0.25, 0.3) is 0 Å². The molecule has 0 spiro atoms. The topological polar surface area (TPSA) is 96.4 Å². The van der Waals surface area contributed by atoms with E-state index in [-0.39, 0.29) is 12.5 Å². The molecule has 0 aromatic carbocycles. The monoisotopic (exact) mass is 370 g/mol. The molecule has 8 heteroatoms. The van der Waals surface area contributed by atoms with E-state index in [1.807, 2.05) is 6.92 Å². The van der Waals surface area contributed by atoms with E-state index in [4.69, 9.17) is 9.57 Å². The van der Waals surface area contributed by atoms with Gasteiger partial charge in [-0.05, 0) is 32.1 Å². The van der Waals surface area contributed by atoms with Gasteiger partial charge in [-0.1, -0.05) is 19.8 Å². The normalized spacial score (nSPS) is 24.3. The average Bonchev–Trinajstić information content (AvgIpc) is 3.14. The molecule has 2 saturated heterocycles. The van der Waals surface area contributed by atoms with Gasteiger partial charge >= 0.3 is 5.97 Å². The molecule has 0 bridgehead atoms. The molecule has 0 aromatic rings. The first-order valence-corrected chi connectivity index (χ1v) is 9.60. The SMILES string of the molecule is CCCCC(CN(C=O)OC1CCCCO1)C(=O)N1CCCC1C(=O)O. The standard InChI is InChI=1S/C18H30N2O6/c1-2-3-7-14(17(22)20-10-6-8-15(20)18(23)24)12-19(13-21)26-16-9-4-5-11-25-16/h13-16H,2-12H2,1H3,(H,23,24). The third-order valence-corrected chi connectivity index (χ3v) is 4.99. The number of likely N-dealkylation sites (tertiary alicyclic amines) is 1. The highest BCUT2D eigenvalue weighted by molar-refractivity contribution is 5.86. The molecule has 2 amide bonds. The third-order valence-electron chi connectivity index (χ3n) is 4.99. The van der Waals surface area contributed by atoms with Gasteiger partial charge in [0.1, 0.15) is 6.04 Å². The maximum atomic E-state index is 12.9. The molecule has 1 N–H and O–H groups in total. The third kappa shape index (κ3) is 5.67. The number of amides is 2. The summed E-state index contributed by atoms with van der Waals surface area (Å²) in [5.74, 6) is -1.64. The smallest absolute Gasteiger partial charge is 0.326 e. The van der Waals surface area contributed by atoms with Crippen LogP contribution in [0, 0.1) is 5.92 Å². The number of rotatable bonds is 10. The van der Waals surface area contributed by atoms with E-state index < -0.39 is 24.2 Å². The predicted octanol–water partition coefficient (Wildman–Crippen LogP) is 1.78. The summed E-state index contributed by atoms with van der Waals surface area (Å²) in [4.78, 5) is 42.8. The largest absolute Gasteiger partial charge is 0.480 e. The highest BCUT2D eigenvalue weighted by Crippen LogP contribution is 2.23. The molecule has 2 aliphatic rings. The first kappa shape index (κ1) is 20.6. The lowest BCUT2D eigenvalue weighted by Gasteiger charge is -2.31. The second-order valence-corrected chi connectivity index (χ2v) is 6.97. The maximum Gasteiger partial charge on any atom is 0.326 e. The average molecular weight is 370 g/mol. The fraction of sp³-hybridized carbons (Fsp3) is 0.833. The van der Waals surface area contributed by atoms with Gasteiger partial charge in [-0.2, -0.15) is 0 Å². The summed E-state index contributed by atoms with van der Waals surface area (Å²) in [6, 6.07) is -0.765. The molecule has 2 fully saturated rings. The molecule has 0 aromatic heterocycles. The van der Waals surface area contributed by atoms with Crippen LogP contribution in [0.15, 0.2) is 0 Å². The van der Waals surface area contributed by atoms with E-state index in [1.54, 1.807) is 0 Å². The fourth-order valence-electron chi connectivity index (χ4n) is 3.54. The molecule has 0 saturated carbocycles. The Morgan fingerprint density at radius 2 is 2.15 bits per heavy atom. The van der Waals surface area contributed by atoms with Gasteiger partial charge in [0.05, 0.1) is 12.5 Å². The highest BCUT2D eigenvalue weighted by Gasteiger charge is 2.37. The highest BCUT2D eigenvalue weighted by atomic mass is 16.8. The van der Waals surface area contributed by atoms with Gasteiger partial charge in [0.2, 0.25) is 12.3 Å². The Balaban J connectivity index is 2.00. The second kappa shape index (κ2) is 10.5. The van der Waals surface area contributed by atoms with Crippen molar-refractivity contribution in [2.45, 2.75) is 70.6 Å². The Labute approximate surface area is 154 Å². The first-order valence-electron chi connectivity index (χ1n) is 9.60. The summed E-state index contributed by atoms with van der Waals surface area (Å²) >= 11 is 0. The van der Waals surface area contributed by atoms with Crippen molar-refractivity contribution in [3.05, 3.63) is 0 Å². The number of unbranched alkanes of at least 4 members (excludes halogenated alkanes) is 1. The Morgan fingerprint density at radius 1 is 1.35 bits per heavy atom. The summed E-state index contributed by atoms with van der Waals surface area (Å²) in [5, 5.41) is 10.5. The second-order valence-electron chi connectivity index (χ2n) is 6.97. The first-order chi connectivity index (χ1) is 12.6. The number of carboxylic acid groups (broad SMARTS) is 1. The quantitative estimate of drug-likeness (QED) is 0.465. The lowest BCUT2D eigenvalue weighted by atomic mass is 9.99. The van der Waals surface area contributed by atoms with Crippen LogP contribution >= 0.6 is 0 Å². The molecule has 0 radical (unpaired) electrons. The van der Waals surface area contributed by atoms with Crippen LogP contribution in [-0.2, 0) is 24.0 Å². The van der Waals surface area contributed by atoms with Gasteiger partial charge in [0.15, 0.2) is 6.29 Å². The summed E-state index contributed by atoms with van der Waals surface area (Å²) in [6.45, 7) is 3.20. The molecule has 2 rings (SSSR count). The summed E-state index contributed by atoms with van der Waals surface area (Å²) in [6.07, 6.45) is 6.28. The van der Waals surface area contributed by atoms with Gasteiger partial charge in [0, 0.05) is 19.6 Å². The Bertz CT molecular complexity index is 480. The zero-order valence-electron chi connectivity index (χ0n) is 15.5. The molecular formula is C18H30N2O6. The molecular weight excluding hydrogens is 340 g/mol. The van der Waals surface area contributed by atoms with Crippen molar-refractivity contribution in [1.29, 1.82) is 0 Å². The van der Waals surface area contributed by atoms with Crippen LogP contribution in [0.1, 0.15) is 58.3 Å². The number of nitrogens with zero attached hydrogens (tertiary/aromatic N) is 2. The number of hydroxylamine groups is 2. The van der Waals surface area contributed by atoms with Crippen molar-refractivity contribution in [3.8, 4) is 0 Å². The molecule has 2 aliphatic heterocycles. The van der Waals surface area contributed by atoms with Gasteiger partial charge in [-0.3, -0.25) is 9.59 Å². The Hall–Kier alpha value is -1.67.